The molecule has 0 saturated heterocycles. The van der Waals surface area contributed by atoms with Gasteiger partial charge in [0.05, 0.1) is 12.4 Å². The molecule has 0 aliphatic carbocycles. The maximum Gasteiger partial charge on any atom is 0.411 e. The molecule has 1 N–H and O–H groups in total. The van der Waals surface area contributed by atoms with E-state index >= 15 is 0 Å². The van der Waals surface area contributed by atoms with E-state index in [-0.39, 0.29) is 11.0 Å². The van der Waals surface area contributed by atoms with Crippen molar-refractivity contribution in [1.29, 1.82) is 0 Å². The number of alkyl halides is 3. The second kappa shape index (κ2) is 5.78. The number of ether oxygens (including phenoxy) is 1. The number of hydrogen-bond acceptors (Lipinski definition) is 4. The van der Waals surface area contributed by atoms with Crippen LogP contribution in [0.1, 0.15) is 0 Å². The van der Waals surface area contributed by atoms with Crippen LogP contribution in [0.2, 0.25) is 5.15 Å². The van der Waals surface area contributed by atoms with Gasteiger partial charge >= 0.3 is 6.18 Å². The lowest BCUT2D eigenvalue weighted by molar-refractivity contribution is -0.174. The molecule has 1 heterocycles. The van der Waals surface area contributed by atoms with Crippen molar-refractivity contribution < 1.29 is 22.7 Å². The van der Waals surface area contributed by atoms with Gasteiger partial charge in [-0.3, -0.25) is 4.79 Å². The molecule has 9 heteroatoms. The van der Waals surface area contributed by atoms with E-state index in [1.165, 1.54) is 12.4 Å². The number of anilines is 1. The van der Waals surface area contributed by atoms with Crippen LogP contribution in [-0.2, 0) is 9.53 Å². The first-order valence-electron chi connectivity index (χ1n) is 4.29. The molecule has 0 aliphatic rings. The molecule has 1 rings (SSSR count). The predicted molar refractivity (Wildman–Crippen MR) is 52.5 cm³/mol. The molecule has 5 nitrogen and oxygen atoms in total. The van der Waals surface area contributed by atoms with Crippen LogP contribution in [0.4, 0.5) is 19.0 Å². The highest BCUT2D eigenvalue weighted by Gasteiger charge is 2.27. The third-order valence-electron chi connectivity index (χ3n) is 1.39. The summed E-state index contributed by atoms with van der Waals surface area (Å²) in [5, 5.41) is 2.33. The van der Waals surface area contributed by atoms with Crippen LogP contribution in [-0.4, -0.2) is 35.3 Å². The Kier molecular flexibility index (Phi) is 4.64. The quantitative estimate of drug-likeness (QED) is 0.903. The molecule has 0 aromatic carbocycles. The Labute approximate surface area is 99.0 Å². The topological polar surface area (TPSA) is 64.1 Å². The summed E-state index contributed by atoms with van der Waals surface area (Å²) in [6, 6.07) is 0. The molecule has 0 atom stereocenters. The number of aromatic nitrogens is 2. The minimum absolute atomic E-state index is 0.0787. The van der Waals surface area contributed by atoms with Crippen molar-refractivity contribution in [1.82, 2.24) is 9.97 Å². The van der Waals surface area contributed by atoms with Gasteiger partial charge in [0.2, 0.25) is 0 Å². The molecule has 94 valence electrons. The number of halogens is 4. The molecule has 0 spiro atoms. The van der Waals surface area contributed by atoms with E-state index in [2.05, 4.69) is 20.0 Å². The number of hydrogen-bond donors (Lipinski definition) is 1. The van der Waals surface area contributed by atoms with Crippen molar-refractivity contribution in [2.24, 2.45) is 0 Å². The second-order valence-corrected chi connectivity index (χ2v) is 3.27. The van der Waals surface area contributed by atoms with Crippen molar-refractivity contribution in [3.63, 3.8) is 0 Å². The molecule has 0 unspecified atom stereocenters. The molecule has 0 aliphatic heterocycles. The Morgan fingerprint density at radius 1 is 1.41 bits per heavy atom. The van der Waals surface area contributed by atoms with Crippen molar-refractivity contribution in [3.05, 3.63) is 17.5 Å². The normalized spacial score (nSPS) is 11.3. The van der Waals surface area contributed by atoms with Crippen molar-refractivity contribution in [2.45, 2.75) is 6.18 Å². The molecular weight excluding hydrogens is 263 g/mol. The summed E-state index contributed by atoms with van der Waals surface area (Å²) in [5.41, 5.74) is 0. The fourth-order valence-electron chi connectivity index (χ4n) is 0.815. The number of carbonyl (C=O) groups excluding carboxylic acids is 1. The van der Waals surface area contributed by atoms with Gasteiger partial charge in [-0.2, -0.15) is 13.2 Å². The predicted octanol–water partition coefficient (Wildman–Crippen LogP) is 1.65. The van der Waals surface area contributed by atoms with Crippen LogP contribution < -0.4 is 5.32 Å². The van der Waals surface area contributed by atoms with Gasteiger partial charge < -0.3 is 10.1 Å². The third-order valence-corrected chi connectivity index (χ3v) is 1.58. The number of nitrogens with zero attached hydrogens (tertiary/aromatic N) is 2. The van der Waals surface area contributed by atoms with Gasteiger partial charge in [0.1, 0.15) is 18.4 Å². The summed E-state index contributed by atoms with van der Waals surface area (Å²) in [6.07, 6.45) is -2.10. The summed E-state index contributed by atoms with van der Waals surface area (Å²) >= 11 is 5.45. The van der Waals surface area contributed by atoms with E-state index in [1.807, 2.05) is 0 Å². The minimum Gasteiger partial charge on any atom is -0.362 e. The van der Waals surface area contributed by atoms with E-state index in [9.17, 15) is 18.0 Å². The highest BCUT2D eigenvalue weighted by atomic mass is 35.5. The molecule has 0 radical (unpaired) electrons. The molecule has 1 amide bonds. The molecule has 1 aromatic rings. The van der Waals surface area contributed by atoms with Gasteiger partial charge in [0, 0.05) is 0 Å². The average Bonchev–Trinajstić information content (AvgIpc) is 2.19. The summed E-state index contributed by atoms with van der Waals surface area (Å²) in [7, 11) is 0. The van der Waals surface area contributed by atoms with Gasteiger partial charge in [-0.05, 0) is 0 Å². The Bertz CT molecular complexity index is 383. The molecule has 0 fully saturated rings. The lowest BCUT2D eigenvalue weighted by Crippen LogP contribution is -2.24. The smallest absolute Gasteiger partial charge is 0.362 e. The summed E-state index contributed by atoms with van der Waals surface area (Å²) in [5.74, 6) is -0.680. The Morgan fingerprint density at radius 2 is 2.12 bits per heavy atom. The zero-order valence-corrected chi connectivity index (χ0v) is 9.05. The minimum atomic E-state index is -4.46. The average molecular weight is 270 g/mol. The standard InChI is InChI=1S/C8H7ClF3N3O2/c9-5-1-14-6(2-13-5)15-7(16)3-17-4-8(10,11)12/h1-2H,3-4H2,(H,14,15,16). The fraction of sp³-hybridized carbons (Fsp3) is 0.375. The van der Waals surface area contributed by atoms with Gasteiger partial charge in [0.15, 0.2) is 5.82 Å². The molecular formula is C8H7ClF3N3O2. The van der Waals surface area contributed by atoms with Crippen LogP contribution in [0, 0.1) is 0 Å². The van der Waals surface area contributed by atoms with Crippen LogP contribution in [0.25, 0.3) is 0 Å². The monoisotopic (exact) mass is 269 g/mol. The number of carbonyl (C=O) groups is 1. The van der Waals surface area contributed by atoms with Gasteiger partial charge in [-0.1, -0.05) is 11.6 Å². The zero-order valence-electron chi connectivity index (χ0n) is 8.29. The van der Waals surface area contributed by atoms with Crippen LogP contribution >= 0.6 is 11.6 Å². The molecule has 0 saturated carbocycles. The van der Waals surface area contributed by atoms with Crippen LogP contribution in [0.5, 0.6) is 0 Å². The van der Waals surface area contributed by atoms with E-state index in [0.717, 1.165) is 0 Å². The Morgan fingerprint density at radius 3 is 2.65 bits per heavy atom. The first kappa shape index (κ1) is 13.7. The van der Waals surface area contributed by atoms with Gasteiger partial charge in [-0.25, -0.2) is 9.97 Å². The van der Waals surface area contributed by atoms with Gasteiger partial charge in [-0.15, -0.1) is 0 Å². The highest BCUT2D eigenvalue weighted by Crippen LogP contribution is 2.14. The number of amides is 1. The molecule has 1 aromatic heterocycles. The highest BCUT2D eigenvalue weighted by molar-refractivity contribution is 6.29. The maximum atomic E-state index is 11.7. The van der Waals surface area contributed by atoms with Crippen LogP contribution in [0.3, 0.4) is 0 Å². The third kappa shape index (κ3) is 6.03. The molecule has 17 heavy (non-hydrogen) atoms. The zero-order chi connectivity index (χ0) is 12.9. The summed E-state index contributed by atoms with van der Waals surface area (Å²) in [6.45, 7) is -2.20. The van der Waals surface area contributed by atoms with E-state index in [0.29, 0.717) is 0 Å². The lowest BCUT2D eigenvalue weighted by Gasteiger charge is -2.07. The van der Waals surface area contributed by atoms with Crippen LogP contribution in [0.15, 0.2) is 12.4 Å². The SMILES string of the molecule is O=C(COCC(F)(F)F)Nc1cnc(Cl)cn1. The van der Waals surface area contributed by atoms with Crippen molar-refractivity contribution >= 4 is 23.3 Å². The first-order valence-corrected chi connectivity index (χ1v) is 4.66. The Hall–Kier alpha value is -1.41. The largest absolute Gasteiger partial charge is 0.411 e. The number of rotatable bonds is 4. The first-order chi connectivity index (χ1) is 7.87. The Balaban J connectivity index is 2.32. The maximum absolute atomic E-state index is 11.7. The second-order valence-electron chi connectivity index (χ2n) is 2.88. The van der Waals surface area contributed by atoms with E-state index in [4.69, 9.17) is 11.6 Å². The van der Waals surface area contributed by atoms with Crippen molar-refractivity contribution in [3.8, 4) is 0 Å². The fourth-order valence-corrected chi connectivity index (χ4v) is 0.913. The summed E-state index contributed by atoms with van der Waals surface area (Å²) < 4.78 is 39.2. The van der Waals surface area contributed by atoms with E-state index < -0.39 is 25.3 Å². The van der Waals surface area contributed by atoms with E-state index in [1.54, 1.807) is 0 Å². The van der Waals surface area contributed by atoms with Gasteiger partial charge in [0.25, 0.3) is 5.91 Å². The van der Waals surface area contributed by atoms with Crippen molar-refractivity contribution in [2.75, 3.05) is 18.5 Å². The number of nitrogens with one attached hydrogen (secondary N) is 1. The molecule has 0 bridgehead atoms. The summed E-state index contributed by atoms with van der Waals surface area (Å²) in [4.78, 5) is 18.4. The lowest BCUT2D eigenvalue weighted by atomic mass is 10.5.